The van der Waals surface area contributed by atoms with Crippen LogP contribution in [0.1, 0.15) is 93.3 Å². The van der Waals surface area contributed by atoms with Crippen molar-refractivity contribution < 1.29 is 19.4 Å². The number of hydrogen-bond donors (Lipinski definition) is 2. The summed E-state index contributed by atoms with van der Waals surface area (Å²) in [6.07, 6.45) is 8.08. The van der Waals surface area contributed by atoms with E-state index >= 15 is 0 Å². The molecule has 3 aromatic rings. The molecule has 1 saturated heterocycles. The maximum atomic E-state index is 14.1. The van der Waals surface area contributed by atoms with Crippen LogP contribution in [0.4, 0.5) is 0 Å². The second-order valence-electron chi connectivity index (χ2n) is 17.9. The summed E-state index contributed by atoms with van der Waals surface area (Å²) < 4.78 is 14.1. The van der Waals surface area contributed by atoms with E-state index in [0.29, 0.717) is 18.2 Å². The number of nitrogens with zero attached hydrogens (tertiary/aromatic N) is 1. The van der Waals surface area contributed by atoms with E-state index in [0.717, 1.165) is 56.7 Å². The van der Waals surface area contributed by atoms with Gasteiger partial charge in [0, 0.05) is 48.6 Å². The van der Waals surface area contributed by atoms with Gasteiger partial charge in [0.25, 0.3) is 5.91 Å². The number of ether oxygens (including phenoxy) is 2. The average Bonchev–Trinajstić information content (AvgIpc) is 3.86. The maximum Gasteiger partial charge on any atom is 0.255 e. The van der Waals surface area contributed by atoms with E-state index in [9.17, 15) is 9.90 Å². The number of methoxy groups -OCH3 is 1. The molecule has 6 heteroatoms. The topological polar surface area (TPSA) is 71.0 Å². The molecule has 2 heterocycles. The molecule has 0 radical (unpaired) electrons. The molecule has 5 aliphatic carbocycles. The van der Waals surface area contributed by atoms with Crippen LogP contribution in [0.25, 0.3) is 11.1 Å². The summed E-state index contributed by atoms with van der Waals surface area (Å²) in [6.45, 7) is 11.3. The van der Waals surface area contributed by atoms with E-state index in [1.54, 1.807) is 0 Å². The van der Waals surface area contributed by atoms with Crippen molar-refractivity contribution in [2.24, 2.45) is 22.7 Å². The Hall–Kier alpha value is -3.19. The van der Waals surface area contributed by atoms with Gasteiger partial charge in [-0.1, -0.05) is 81.4 Å². The highest BCUT2D eigenvalue weighted by Gasteiger charge is 2.82. The second kappa shape index (κ2) is 11.2. The van der Waals surface area contributed by atoms with Crippen LogP contribution >= 0.6 is 0 Å². The minimum atomic E-state index is -0.967. The zero-order valence-corrected chi connectivity index (χ0v) is 30.6. The van der Waals surface area contributed by atoms with Crippen LogP contribution in [-0.2, 0) is 23.0 Å². The molecule has 7 aliphatic rings. The molecule has 2 unspecified atom stereocenters. The molecule has 6 nitrogen and oxygen atoms in total. The highest BCUT2D eigenvalue weighted by Crippen LogP contribution is 2.77. The second-order valence-corrected chi connectivity index (χ2v) is 17.9. The van der Waals surface area contributed by atoms with Crippen molar-refractivity contribution >= 4 is 5.91 Å². The van der Waals surface area contributed by atoms with Gasteiger partial charge in [-0.3, -0.25) is 9.69 Å². The SMILES string of the molecule is CO[C@@]12CC[C@@]3(C[C@@H]1C(C)(O)C(C)(C)C)[C@H]1Cc4ccc(C(=O)NCCc5ccc(-c6ccccc6)cc5)c5c4[C@@]3(CCN1CC1CC1)C2O5. The molecule has 0 aromatic heterocycles. The fourth-order valence-electron chi connectivity index (χ4n) is 11.7. The van der Waals surface area contributed by atoms with E-state index in [-0.39, 0.29) is 34.2 Å². The Balaban J connectivity index is 1.06. The number of nitrogens with one attached hydrogen (secondary N) is 1. The molecule has 4 bridgehead atoms. The summed E-state index contributed by atoms with van der Waals surface area (Å²) >= 11 is 0. The van der Waals surface area contributed by atoms with Gasteiger partial charge in [-0.2, -0.15) is 0 Å². The van der Waals surface area contributed by atoms with Crippen LogP contribution in [0.3, 0.4) is 0 Å². The Morgan fingerprint density at radius 1 is 0.980 bits per heavy atom. The van der Waals surface area contributed by atoms with Crippen LogP contribution in [0.2, 0.25) is 0 Å². The fourth-order valence-corrected chi connectivity index (χ4v) is 11.7. The van der Waals surface area contributed by atoms with E-state index in [2.05, 4.69) is 85.6 Å². The van der Waals surface area contributed by atoms with Gasteiger partial charge < -0.3 is 19.9 Å². The predicted molar refractivity (Wildman–Crippen MR) is 196 cm³/mol. The van der Waals surface area contributed by atoms with E-state index in [4.69, 9.17) is 9.47 Å². The molecule has 5 fully saturated rings. The van der Waals surface area contributed by atoms with Crippen molar-refractivity contribution in [3.63, 3.8) is 0 Å². The van der Waals surface area contributed by atoms with Crippen molar-refractivity contribution in [1.29, 1.82) is 0 Å². The number of hydrogen-bond acceptors (Lipinski definition) is 5. The third-order valence-corrected chi connectivity index (χ3v) is 14.9. The summed E-state index contributed by atoms with van der Waals surface area (Å²) in [6, 6.07) is 23.7. The largest absolute Gasteiger partial charge is 0.485 e. The highest BCUT2D eigenvalue weighted by atomic mass is 16.6. The lowest BCUT2D eigenvalue weighted by Gasteiger charge is -2.75. The molecule has 7 atom stereocenters. The normalized spacial score (nSPS) is 33.4. The van der Waals surface area contributed by atoms with Crippen LogP contribution in [0, 0.1) is 22.7 Å². The lowest BCUT2D eigenvalue weighted by molar-refractivity contribution is -0.312. The first-order valence-corrected chi connectivity index (χ1v) is 19.2. The number of aliphatic hydroxyl groups is 1. The van der Waals surface area contributed by atoms with Gasteiger partial charge in [0.1, 0.15) is 17.5 Å². The van der Waals surface area contributed by atoms with Crippen molar-refractivity contribution in [2.45, 2.75) is 108 Å². The number of amides is 1. The Kier molecular flexibility index (Phi) is 7.29. The molecule has 50 heavy (non-hydrogen) atoms. The Bertz CT molecular complexity index is 1810. The molecule has 3 aromatic carbocycles. The summed E-state index contributed by atoms with van der Waals surface area (Å²) in [5.74, 6) is 1.45. The number of carbonyl (C=O) groups excluding carboxylic acids is 1. The van der Waals surface area contributed by atoms with Crippen LogP contribution < -0.4 is 10.1 Å². The first-order chi connectivity index (χ1) is 23.9. The third kappa shape index (κ3) is 4.40. The zero-order valence-electron chi connectivity index (χ0n) is 30.6. The molecule has 2 spiro atoms. The Labute approximate surface area is 297 Å². The van der Waals surface area contributed by atoms with Gasteiger partial charge >= 0.3 is 0 Å². The van der Waals surface area contributed by atoms with Crippen LogP contribution in [0.15, 0.2) is 66.7 Å². The number of benzene rings is 3. The van der Waals surface area contributed by atoms with E-state index < -0.39 is 11.2 Å². The molecule has 10 rings (SSSR count). The number of carbonyl (C=O) groups is 1. The molecular weight excluding hydrogens is 620 g/mol. The Morgan fingerprint density at radius 2 is 1.72 bits per heavy atom. The van der Waals surface area contributed by atoms with Crippen LogP contribution in [0.5, 0.6) is 5.75 Å². The van der Waals surface area contributed by atoms with Gasteiger partial charge in [0.15, 0.2) is 0 Å². The summed E-state index contributed by atoms with van der Waals surface area (Å²) in [5.41, 5.74) is 4.67. The van der Waals surface area contributed by atoms with Gasteiger partial charge in [-0.25, -0.2) is 0 Å². The molecule has 264 valence electrons. The number of piperidine rings is 1. The zero-order chi connectivity index (χ0) is 34.7. The third-order valence-electron chi connectivity index (χ3n) is 14.9. The highest BCUT2D eigenvalue weighted by molar-refractivity contribution is 5.98. The van der Waals surface area contributed by atoms with Crippen LogP contribution in [-0.4, -0.2) is 66.0 Å². The predicted octanol–water partition coefficient (Wildman–Crippen LogP) is 7.35. The Morgan fingerprint density at radius 3 is 2.42 bits per heavy atom. The van der Waals surface area contributed by atoms with Gasteiger partial charge in [-0.05, 0) is 104 Å². The van der Waals surface area contributed by atoms with Crippen molar-refractivity contribution in [3.05, 3.63) is 89.0 Å². The van der Waals surface area contributed by atoms with Gasteiger partial charge in [-0.15, -0.1) is 0 Å². The van der Waals surface area contributed by atoms with Gasteiger partial charge in [0.05, 0.1) is 11.2 Å². The lowest BCUT2D eigenvalue weighted by atomic mass is 9.33. The van der Waals surface area contributed by atoms with Crippen molar-refractivity contribution in [2.75, 3.05) is 26.7 Å². The molecule has 2 N–H and O–H groups in total. The quantitative estimate of drug-likeness (QED) is 0.249. The number of fused-ring (bicyclic) bond motifs is 2. The number of rotatable bonds is 9. The van der Waals surface area contributed by atoms with E-state index in [1.165, 1.54) is 47.2 Å². The minimum absolute atomic E-state index is 0.0374. The first-order valence-electron chi connectivity index (χ1n) is 19.2. The van der Waals surface area contributed by atoms with Crippen molar-refractivity contribution in [1.82, 2.24) is 10.2 Å². The van der Waals surface area contributed by atoms with Crippen molar-refractivity contribution in [3.8, 4) is 16.9 Å². The standard InChI is InChI=1S/C44H54N2O4/c1-40(2,3)41(4,48)34-26-42-20-21-44(34,49-5)39-43(42)22-24-46(27-29-11-12-29)35(42)25-32-17-18-33(37(50-39)36(32)43)38(47)45-23-19-28-13-15-31(16-14-28)30-9-7-6-8-10-30/h6-10,13-18,29,34-35,39,48H,11-12,19-27H2,1-5H3,(H,45,47)/t34-,35-,39?,41?,42-,43+,44+/m1/s1. The fraction of sp³-hybridized carbons (Fsp3) is 0.568. The summed E-state index contributed by atoms with van der Waals surface area (Å²) in [7, 11) is 1.84. The molecule has 4 saturated carbocycles. The monoisotopic (exact) mass is 674 g/mol. The maximum absolute atomic E-state index is 14.1. The van der Waals surface area contributed by atoms with Gasteiger partial charge in [0.2, 0.25) is 0 Å². The number of likely N-dealkylation sites (tertiary alicyclic amines) is 1. The molecule has 1 amide bonds. The lowest BCUT2D eigenvalue weighted by Crippen LogP contribution is -2.83. The average molecular weight is 675 g/mol. The summed E-state index contributed by atoms with van der Waals surface area (Å²) in [5, 5.41) is 15.8. The smallest absolute Gasteiger partial charge is 0.255 e. The molecular formula is C44H54N2O4. The summed E-state index contributed by atoms with van der Waals surface area (Å²) in [4.78, 5) is 16.9. The van der Waals surface area contributed by atoms with E-state index in [1.807, 2.05) is 26.2 Å². The minimum Gasteiger partial charge on any atom is -0.485 e. The first kappa shape index (κ1) is 32.7. The molecule has 2 aliphatic heterocycles.